The second kappa shape index (κ2) is 7.20. The highest BCUT2D eigenvalue weighted by molar-refractivity contribution is 5.76. The third-order valence-corrected chi connectivity index (χ3v) is 2.46. The van der Waals surface area contributed by atoms with Crippen LogP contribution in [0.25, 0.3) is 0 Å². The molecule has 0 heterocycles. The number of rotatable bonds is 8. The molecule has 19 heavy (non-hydrogen) atoms. The summed E-state index contributed by atoms with van der Waals surface area (Å²) < 4.78 is 10.4. The van der Waals surface area contributed by atoms with Crippen molar-refractivity contribution in [1.29, 1.82) is 5.41 Å². The number of nitro groups is 1. The summed E-state index contributed by atoms with van der Waals surface area (Å²) in [6, 6.07) is 4.35. The van der Waals surface area contributed by atoms with Gasteiger partial charge in [-0.15, -0.1) is 0 Å². The van der Waals surface area contributed by atoms with Gasteiger partial charge < -0.3 is 15.2 Å². The molecule has 0 aliphatic carbocycles. The molecule has 1 aromatic rings. The van der Waals surface area contributed by atoms with Gasteiger partial charge in [-0.2, -0.15) is 0 Å². The maximum atomic E-state index is 10.8. The van der Waals surface area contributed by atoms with Crippen LogP contribution in [0.1, 0.15) is 19.3 Å². The Bertz CT molecular complexity index is 462. The van der Waals surface area contributed by atoms with Crippen LogP contribution in [0.3, 0.4) is 0 Å². The van der Waals surface area contributed by atoms with Gasteiger partial charge in [0.25, 0.3) is 0 Å². The number of nitrogens with zero attached hydrogens (tertiary/aromatic N) is 1. The van der Waals surface area contributed by atoms with E-state index in [1.807, 2.05) is 0 Å². The Morgan fingerprint density at radius 1 is 1.47 bits per heavy atom. The molecule has 0 unspecified atom stereocenters. The number of nitrogens with one attached hydrogen (secondary N) is 1. The molecule has 7 nitrogen and oxygen atoms in total. The standard InChI is InChI=1S/C12H17N3O4/c1-18-9-5-6-10(15(16)17)11(8-9)19-7-3-2-4-12(13)14/h5-6,8H,2-4,7H2,1H3,(H3,13,14). The van der Waals surface area contributed by atoms with Crippen molar-refractivity contribution in [1.82, 2.24) is 0 Å². The number of unbranched alkanes of at least 4 members (excludes halogenated alkanes) is 1. The highest BCUT2D eigenvalue weighted by Crippen LogP contribution is 2.31. The maximum absolute atomic E-state index is 10.8. The van der Waals surface area contributed by atoms with Gasteiger partial charge in [0, 0.05) is 18.6 Å². The largest absolute Gasteiger partial charge is 0.497 e. The van der Waals surface area contributed by atoms with Crippen molar-refractivity contribution < 1.29 is 14.4 Å². The first kappa shape index (κ1) is 14.7. The fourth-order valence-corrected chi connectivity index (χ4v) is 1.49. The van der Waals surface area contributed by atoms with E-state index in [2.05, 4.69) is 0 Å². The second-order valence-corrected chi connectivity index (χ2v) is 3.92. The normalized spacial score (nSPS) is 9.95. The molecule has 0 saturated carbocycles. The molecule has 0 atom stereocenters. The van der Waals surface area contributed by atoms with Crippen molar-refractivity contribution in [3.8, 4) is 11.5 Å². The monoisotopic (exact) mass is 267 g/mol. The van der Waals surface area contributed by atoms with Gasteiger partial charge in [-0.25, -0.2) is 0 Å². The fourth-order valence-electron chi connectivity index (χ4n) is 1.49. The first-order chi connectivity index (χ1) is 9.04. The first-order valence-electron chi connectivity index (χ1n) is 5.82. The zero-order valence-electron chi connectivity index (χ0n) is 10.7. The zero-order chi connectivity index (χ0) is 14.3. The van der Waals surface area contributed by atoms with Crippen molar-refractivity contribution in [2.75, 3.05) is 13.7 Å². The van der Waals surface area contributed by atoms with E-state index in [9.17, 15) is 10.1 Å². The number of ether oxygens (including phenoxy) is 2. The molecule has 7 heteroatoms. The second-order valence-electron chi connectivity index (χ2n) is 3.92. The average Bonchev–Trinajstić information content (AvgIpc) is 2.37. The van der Waals surface area contributed by atoms with Crippen LogP contribution in [-0.2, 0) is 0 Å². The van der Waals surface area contributed by atoms with Crippen LogP contribution in [0.5, 0.6) is 11.5 Å². The van der Waals surface area contributed by atoms with Gasteiger partial charge >= 0.3 is 5.69 Å². The van der Waals surface area contributed by atoms with Crippen LogP contribution in [0, 0.1) is 15.5 Å². The number of hydrogen-bond acceptors (Lipinski definition) is 5. The van der Waals surface area contributed by atoms with Crippen LogP contribution in [0.15, 0.2) is 18.2 Å². The van der Waals surface area contributed by atoms with Crippen LogP contribution in [0.4, 0.5) is 5.69 Å². The lowest BCUT2D eigenvalue weighted by molar-refractivity contribution is -0.385. The number of amidine groups is 1. The van der Waals surface area contributed by atoms with Gasteiger partial charge in [0.15, 0.2) is 0 Å². The third-order valence-electron chi connectivity index (χ3n) is 2.46. The van der Waals surface area contributed by atoms with E-state index in [0.717, 1.165) is 0 Å². The predicted octanol–water partition coefficient (Wildman–Crippen LogP) is 2.09. The summed E-state index contributed by atoms with van der Waals surface area (Å²) in [6.07, 6.45) is 1.89. The minimum absolute atomic E-state index is 0.0904. The van der Waals surface area contributed by atoms with Crippen LogP contribution in [-0.4, -0.2) is 24.5 Å². The van der Waals surface area contributed by atoms with E-state index in [1.165, 1.54) is 25.3 Å². The summed E-state index contributed by atoms with van der Waals surface area (Å²) in [7, 11) is 1.48. The highest BCUT2D eigenvalue weighted by Gasteiger charge is 2.15. The molecule has 0 aromatic heterocycles. The Morgan fingerprint density at radius 2 is 2.21 bits per heavy atom. The molecule has 0 saturated heterocycles. The van der Waals surface area contributed by atoms with Crippen molar-refractivity contribution >= 4 is 11.5 Å². The minimum atomic E-state index is -0.496. The molecule has 0 aliphatic rings. The molecule has 0 aliphatic heterocycles. The van der Waals surface area contributed by atoms with Crippen LogP contribution >= 0.6 is 0 Å². The molecular weight excluding hydrogens is 250 g/mol. The zero-order valence-corrected chi connectivity index (χ0v) is 10.7. The smallest absolute Gasteiger partial charge is 0.311 e. The molecule has 0 spiro atoms. The quantitative estimate of drug-likeness (QED) is 0.246. The lowest BCUT2D eigenvalue weighted by Gasteiger charge is -2.08. The summed E-state index contributed by atoms with van der Waals surface area (Å²) >= 11 is 0. The van der Waals surface area contributed by atoms with E-state index in [1.54, 1.807) is 0 Å². The van der Waals surface area contributed by atoms with Gasteiger partial charge in [0.1, 0.15) is 5.75 Å². The molecule has 3 N–H and O–H groups in total. The molecule has 0 radical (unpaired) electrons. The Labute approximate surface area is 111 Å². The molecule has 0 bridgehead atoms. The Balaban J connectivity index is 2.59. The molecule has 0 fully saturated rings. The van der Waals surface area contributed by atoms with Gasteiger partial charge in [-0.05, 0) is 18.9 Å². The highest BCUT2D eigenvalue weighted by atomic mass is 16.6. The van der Waals surface area contributed by atoms with Crippen molar-refractivity contribution in [3.63, 3.8) is 0 Å². The van der Waals surface area contributed by atoms with Gasteiger partial charge in [0.2, 0.25) is 5.75 Å². The third kappa shape index (κ3) is 4.82. The lowest BCUT2D eigenvalue weighted by atomic mass is 10.2. The fraction of sp³-hybridized carbons (Fsp3) is 0.417. The number of nitrogens with two attached hydrogens (primary N) is 1. The van der Waals surface area contributed by atoms with Crippen LogP contribution in [0.2, 0.25) is 0 Å². The SMILES string of the molecule is COc1ccc([N+](=O)[O-])c(OCCCCC(=N)N)c1. The Morgan fingerprint density at radius 3 is 2.79 bits per heavy atom. The summed E-state index contributed by atoms with van der Waals surface area (Å²) in [5.41, 5.74) is 5.13. The molecule has 1 aromatic carbocycles. The van der Waals surface area contributed by atoms with Gasteiger partial charge in [0.05, 0.1) is 24.5 Å². The molecule has 0 amide bonds. The van der Waals surface area contributed by atoms with Crippen molar-refractivity contribution in [2.24, 2.45) is 5.73 Å². The minimum Gasteiger partial charge on any atom is -0.497 e. The maximum Gasteiger partial charge on any atom is 0.311 e. The summed E-state index contributed by atoms with van der Waals surface area (Å²) in [4.78, 5) is 10.3. The number of methoxy groups -OCH3 is 1. The summed E-state index contributed by atoms with van der Waals surface area (Å²) in [5.74, 6) is 0.823. The topological polar surface area (TPSA) is 111 Å². The van der Waals surface area contributed by atoms with E-state index >= 15 is 0 Å². The molecular formula is C12H17N3O4. The first-order valence-corrected chi connectivity index (χ1v) is 5.82. The van der Waals surface area contributed by atoms with E-state index in [0.29, 0.717) is 31.6 Å². The predicted molar refractivity (Wildman–Crippen MR) is 70.9 cm³/mol. The summed E-state index contributed by atoms with van der Waals surface area (Å²) in [5, 5.41) is 17.9. The average molecular weight is 267 g/mol. The number of nitro benzene ring substituents is 1. The van der Waals surface area contributed by atoms with Crippen LogP contribution < -0.4 is 15.2 Å². The summed E-state index contributed by atoms with van der Waals surface area (Å²) in [6.45, 7) is 0.335. The number of hydrogen-bond donors (Lipinski definition) is 2. The van der Waals surface area contributed by atoms with Gasteiger partial charge in [-0.1, -0.05) is 0 Å². The molecule has 104 valence electrons. The van der Waals surface area contributed by atoms with E-state index < -0.39 is 4.92 Å². The van der Waals surface area contributed by atoms with E-state index in [4.69, 9.17) is 20.6 Å². The number of benzene rings is 1. The lowest BCUT2D eigenvalue weighted by Crippen LogP contribution is -2.09. The van der Waals surface area contributed by atoms with Gasteiger partial charge in [-0.3, -0.25) is 15.5 Å². The Kier molecular flexibility index (Phi) is 5.59. The molecule has 1 rings (SSSR count). The van der Waals surface area contributed by atoms with Crippen molar-refractivity contribution in [2.45, 2.75) is 19.3 Å². The Hall–Kier alpha value is -2.31. The van der Waals surface area contributed by atoms with E-state index in [-0.39, 0.29) is 17.3 Å². The van der Waals surface area contributed by atoms with Crippen molar-refractivity contribution in [3.05, 3.63) is 28.3 Å².